The molecule has 0 aromatic carbocycles. The maximum absolute atomic E-state index is 14.3. The molecule has 0 unspecified atom stereocenters. The van der Waals surface area contributed by atoms with Crippen molar-refractivity contribution in [1.29, 1.82) is 0 Å². The first-order valence-electron chi connectivity index (χ1n) is 6.08. The van der Waals surface area contributed by atoms with E-state index < -0.39 is 5.67 Å². The second-order valence-electron chi connectivity index (χ2n) is 5.21. The lowest BCUT2D eigenvalue weighted by Gasteiger charge is -2.38. The van der Waals surface area contributed by atoms with Gasteiger partial charge in [-0.25, -0.2) is 4.39 Å². The third-order valence-corrected chi connectivity index (χ3v) is 3.01. The van der Waals surface area contributed by atoms with Crippen LogP contribution in [0.5, 0.6) is 0 Å². The van der Waals surface area contributed by atoms with Crippen LogP contribution in [0.2, 0.25) is 0 Å². The van der Waals surface area contributed by atoms with Gasteiger partial charge < -0.3 is 5.11 Å². The van der Waals surface area contributed by atoms with Crippen LogP contribution in [0, 0.1) is 5.92 Å². The van der Waals surface area contributed by atoms with Gasteiger partial charge in [0.15, 0.2) is 0 Å². The van der Waals surface area contributed by atoms with Gasteiger partial charge in [-0.05, 0) is 38.1 Å². The van der Waals surface area contributed by atoms with Gasteiger partial charge in [0, 0.05) is 19.7 Å². The van der Waals surface area contributed by atoms with Crippen LogP contribution < -0.4 is 0 Å². The highest BCUT2D eigenvalue weighted by Crippen LogP contribution is 2.30. The van der Waals surface area contributed by atoms with Crippen molar-refractivity contribution in [2.45, 2.75) is 45.2 Å². The molecule has 1 atom stereocenters. The number of likely N-dealkylation sites (tertiary alicyclic amines) is 1. The first kappa shape index (κ1) is 12.9. The molecule has 1 N–H and O–H groups in total. The molecule has 90 valence electrons. The number of alkyl halides is 1. The van der Waals surface area contributed by atoms with Crippen LogP contribution in [0.3, 0.4) is 0 Å². The molecule has 1 saturated heterocycles. The number of piperidine rings is 1. The van der Waals surface area contributed by atoms with Gasteiger partial charge in [-0.15, -0.1) is 0 Å². The van der Waals surface area contributed by atoms with E-state index in [1.807, 2.05) is 0 Å². The molecule has 2 nitrogen and oxygen atoms in total. The summed E-state index contributed by atoms with van der Waals surface area (Å²) < 4.78 is 14.3. The van der Waals surface area contributed by atoms with E-state index in [9.17, 15) is 4.39 Å². The molecule has 1 fully saturated rings. The summed E-state index contributed by atoms with van der Waals surface area (Å²) in [6, 6.07) is 0. The fourth-order valence-corrected chi connectivity index (χ4v) is 2.45. The van der Waals surface area contributed by atoms with Crippen LogP contribution in [0.15, 0.2) is 0 Å². The summed E-state index contributed by atoms with van der Waals surface area (Å²) in [6.45, 7) is 7.03. The second-order valence-corrected chi connectivity index (χ2v) is 5.21. The maximum Gasteiger partial charge on any atom is 0.123 e. The molecule has 0 amide bonds. The van der Waals surface area contributed by atoms with Gasteiger partial charge in [-0.2, -0.15) is 0 Å². The molecule has 0 spiro atoms. The van der Waals surface area contributed by atoms with Gasteiger partial charge in [0.1, 0.15) is 5.67 Å². The van der Waals surface area contributed by atoms with Crippen molar-refractivity contribution in [2.24, 2.45) is 5.92 Å². The molecule has 0 radical (unpaired) electrons. The Balaban J connectivity index is 2.39. The van der Waals surface area contributed by atoms with Crippen molar-refractivity contribution in [2.75, 3.05) is 26.2 Å². The summed E-state index contributed by atoms with van der Waals surface area (Å²) in [5.41, 5.74) is -1.05. The summed E-state index contributed by atoms with van der Waals surface area (Å²) in [6.07, 6.45) is 2.72. The number of halogens is 1. The van der Waals surface area contributed by atoms with E-state index in [1.165, 1.54) is 0 Å². The number of aliphatic hydroxyl groups excluding tert-OH is 1. The zero-order valence-electron chi connectivity index (χ0n) is 10.0. The molecule has 1 aliphatic rings. The van der Waals surface area contributed by atoms with Crippen LogP contribution in [0.25, 0.3) is 0 Å². The third-order valence-electron chi connectivity index (χ3n) is 3.01. The van der Waals surface area contributed by atoms with Crippen molar-refractivity contribution in [3.63, 3.8) is 0 Å². The molecule has 3 heteroatoms. The van der Waals surface area contributed by atoms with Crippen LogP contribution in [-0.4, -0.2) is 41.9 Å². The molecular weight excluding hydrogens is 193 g/mol. The monoisotopic (exact) mass is 217 g/mol. The zero-order chi connectivity index (χ0) is 11.3. The number of hydrogen-bond acceptors (Lipinski definition) is 2. The van der Waals surface area contributed by atoms with E-state index in [-0.39, 0.29) is 6.61 Å². The van der Waals surface area contributed by atoms with Gasteiger partial charge >= 0.3 is 0 Å². The van der Waals surface area contributed by atoms with E-state index in [0.29, 0.717) is 31.7 Å². The molecular formula is C12H24FNO. The van der Waals surface area contributed by atoms with Crippen molar-refractivity contribution in [3.05, 3.63) is 0 Å². The smallest absolute Gasteiger partial charge is 0.123 e. The van der Waals surface area contributed by atoms with Gasteiger partial charge in [0.05, 0.1) is 0 Å². The Morgan fingerprint density at radius 2 is 2.20 bits per heavy atom. The van der Waals surface area contributed by atoms with Gasteiger partial charge in [-0.1, -0.05) is 13.8 Å². The van der Waals surface area contributed by atoms with E-state index in [2.05, 4.69) is 18.7 Å². The summed E-state index contributed by atoms with van der Waals surface area (Å²) in [4.78, 5) is 2.23. The Kier molecular flexibility index (Phi) is 5.00. The first-order chi connectivity index (χ1) is 7.06. The summed E-state index contributed by atoms with van der Waals surface area (Å²) >= 11 is 0. The number of nitrogens with zero attached hydrogens (tertiary/aromatic N) is 1. The van der Waals surface area contributed by atoms with E-state index in [4.69, 9.17) is 5.11 Å². The van der Waals surface area contributed by atoms with Crippen molar-refractivity contribution >= 4 is 0 Å². The fraction of sp³-hybridized carbons (Fsp3) is 1.00. The Bertz CT molecular complexity index is 186. The Morgan fingerprint density at radius 3 is 2.80 bits per heavy atom. The lowest BCUT2D eigenvalue weighted by atomic mass is 9.90. The minimum atomic E-state index is -1.05. The fourth-order valence-electron chi connectivity index (χ4n) is 2.45. The van der Waals surface area contributed by atoms with Crippen LogP contribution in [0.1, 0.15) is 39.5 Å². The predicted octanol–water partition coefficient (Wildman–Crippen LogP) is 2.22. The van der Waals surface area contributed by atoms with Gasteiger partial charge in [-0.3, -0.25) is 4.90 Å². The SMILES string of the molecule is CC(C)CN1CCC[C@@](F)(CCCO)C1. The highest BCUT2D eigenvalue weighted by molar-refractivity contribution is 4.87. The Morgan fingerprint density at radius 1 is 1.47 bits per heavy atom. The highest BCUT2D eigenvalue weighted by Gasteiger charge is 2.34. The third kappa shape index (κ3) is 4.47. The molecule has 1 rings (SSSR count). The van der Waals surface area contributed by atoms with E-state index >= 15 is 0 Å². The second kappa shape index (κ2) is 5.80. The average Bonchev–Trinajstić information content (AvgIpc) is 2.14. The molecule has 15 heavy (non-hydrogen) atoms. The van der Waals surface area contributed by atoms with Crippen LogP contribution in [-0.2, 0) is 0 Å². The largest absolute Gasteiger partial charge is 0.396 e. The molecule has 1 heterocycles. The molecule has 1 aliphatic heterocycles. The van der Waals surface area contributed by atoms with Crippen LogP contribution >= 0.6 is 0 Å². The van der Waals surface area contributed by atoms with Crippen molar-refractivity contribution < 1.29 is 9.50 Å². The average molecular weight is 217 g/mol. The van der Waals surface area contributed by atoms with Crippen molar-refractivity contribution in [1.82, 2.24) is 4.90 Å². The minimum Gasteiger partial charge on any atom is -0.396 e. The van der Waals surface area contributed by atoms with Crippen molar-refractivity contribution in [3.8, 4) is 0 Å². The molecule has 0 saturated carbocycles. The number of rotatable bonds is 5. The van der Waals surface area contributed by atoms with E-state index in [0.717, 1.165) is 19.5 Å². The quantitative estimate of drug-likeness (QED) is 0.763. The van der Waals surface area contributed by atoms with Gasteiger partial charge in [0.25, 0.3) is 0 Å². The normalized spacial score (nSPS) is 28.6. The summed E-state index contributed by atoms with van der Waals surface area (Å²) in [5, 5.41) is 8.74. The lowest BCUT2D eigenvalue weighted by molar-refractivity contribution is 0.0279. The summed E-state index contributed by atoms with van der Waals surface area (Å²) in [5.74, 6) is 0.602. The van der Waals surface area contributed by atoms with Crippen LogP contribution in [0.4, 0.5) is 4.39 Å². The van der Waals surface area contributed by atoms with Gasteiger partial charge in [0.2, 0.25) is 0 Å². The zero-order valence-corrected chi connectivity index (χ0v) is 10.0. The minimum absolute atomic E-state index is 0.107. The first-order valence-corrected chi connectivity index (χ1v) is 6.08. The predicted molar refractivity (Wildman–Crippen MR) is 60.7 cm³/mol. The molecule has 0 aliphatic carbocycles. The lowest BCUT2D eigenvalue weighted by Crippen LogP contribution is -2.46. The Labute approximate surface area is 92.5 Å². The maximum atomic E-state index is 14.3. The highest BCUT2D eigenvalue weighted by atomic mass is 19.1. The molecule has 0 aromatic heterocycles. The molecule has 0 bridgehead atoms. The topological polar surface area (TPSA) is 23.5 Å². The molecule has 0 aromatic rings. The summed E-state index contributed by atoms with van der Waals surface area (Å²) in [7, 11) is 0. The Hall–Kier alpha value is -0.150. The van der Waals surface area contributed by atoms with E-state index in [1.54, 1.807) is 0 Å². The number of hydrogen-bond donors (Lipinski definition) is 1. The number of aliphatic hydroxyl groups is 1. The standard InChI is InChI=1S/C12H24FNO/c1-11(2)9-14-7-3-5-12(13,10-14)6-4-8-15/h11,15H,3-10H2,1-2H3/t12-/m1/s1.